The number of H-pyrrole nitrogens is 1. The number of rotatable bonds is 7. The summed E-state index contributed by atoms with van der Waals surface area (Å²) in [6, 6.07) is 8.81. The number of imidazole rings is 1. The SMILES string of the molecule is CC(C)(C)OC(=O)N1C[C@@H](O)C[C@H]1c1[nH]c(-c2ccc(Br)cc2)c[n+]1COCC[Si](C)(C)C. The molecule has 1 amide bonds. The first-order valence-electron chi connectivity index (χ1n) is 11.5. The first-order chi connectivity index (χ1) is 15.3. The Kier molecular flexibility index (Phi) is 8.09. The highest BCUT2D eigenvalue weighted by Gasteiger charge is 2.43. The summed E-state index contributed by atoms with van der Waals surface area (Å²) >= 11 is 3.49. The zero-order valence-electron chi connectivity index (χ0n) is 20.5. The largest absolute Gasteiger partial charge is 0.444 e. The molecule has 0 aliphatic carbocycles. The number of halogens is 1. The second kappa shape index (κ2) is 10.3. The number of carbonyl (C=O) groups is 1. The molecule has 1 aliphatic rings. The molecule has 0 bridgehead atoms. The molecular weight excluding hydrogens is 502 g/mol. The summed E-state index contributed by atoms with van der Waals surface area (Å²) in [6.07, 6.45) is 1.43. The van der Waals surface area contributed by atoms with Gasteiger partial charge in [0.15, 0.2) is 12.4 Å². The molecule has 0 radical (unpaired) electrons. The fourth-order valence-electron chi connectivity index (χ4n) is 3.76. The van der Waals surface area contributed by atoms with Crippen molar-refractivity contribution in [2.24, 2.45) is 0 Å². The van der Waals surface area contributed by atoms with Crippen LogP contribution >= 0.6 is 15.9 Å². The number of nitrogens with zero attached hydrogens (tertiary/aromatic N) is 2. The minimum Gasteiger partial charge on any atom is -0.444 e. The van der Waals surface area contributed by atoms with Crippen molar-refractivity contribution in [2.45, 2.75) is 77.4 Å². The lowest BCUT2D eigenvalue weighted by Crippen LogP contribution is -2.44. The van der Waals surface area contributed by atoms with E-state index < -0.39 is 25.9 Å². The zero-order valence-corrected chi connectivity index (χ0v) is 23.1. The average Bonchev–Trinajstić information content (AvgIpc) is 3.27. The van der Waals surface area contributed by atoms with Gasteiger partial charge in [0.1, 0.15) is 17.8 Å². The second-order valence-corrected chi connectivity index (χ2v) is 17.5. The minimum absolute atomic E-state index is 0.239. The van der Waals surface area contributed by atoms with Crippen LogP contribution in [0.4, 0.5) is 4.79 Å². The molecule has 2 heterocycles. The maximum atomic E-state index is 12.9. The van der Waals surface area contributed by atoms with Gasteiger partial charge in [-0.1, -0.05) is 35.6 Å². The third-order valence-corrected chi connectivity index (χ3v) is 7.69. The number of aromatic nitrogens is 2. The zero-order chi connectivity index (χ0) is 24.4. The van der Waals surface area contributed by atoms with Gasteiger partial charge in [0.25, 0.3) is 5.82 Å². The van der Waals surface area contributed by atoms with Crippen LogP contribution in [-0.2, 0) is 16.2 Å². The molecule has 33 heavy (non-hydrogen) atoms. The molecule has 7 nitrogen and oxygen atoms in total. The van der Waals surface area contributed by atoms with Crippen LogP contribution < -0.4 is 4.57 Å². The fraction of sp³-hybridized carbons (Fsp3) is 0.583. The van der Waals surface area contributed by atoms with Crippen LogP contribution in [0.1, 0.15) is 39.1 Å². The molecule has 9 heteroatoms. The summed E-state index contributed by atoms with van der Waals surface area (Å²) in [5.74, 6) is 0.823. The van der Waals surface area contributed by atoms with E-state index in [2.05, 4.69) is 40.6 Å². The quantitative estimate of drug-likeness (QED) is 0.292. The number of aliphatic hydroxyl groups is 1. The fourth-order valence-corrected chi connectivity index (χ4v) is 4.78. The van der Waals surface area contributed by atoms with Gasteiger partial charge in [-0.2, -0.15) is 0 Å². The molecule has 1 aromatic heterocycles. The van der Waals surface area contributed by atoms with Gasteiger partial charge in [0.2, 0.25) is 0 Å². The van der Waals surface area contributed by atoms with Crippen molar-refractivity contribution >= 4 is 30.1 Å². The molecule has 182 valence electrons. The maximum absolute atomic E-state index is 12.9. The molecule has 0 unspecified atom stereocenters. The summed E-state index contributed by atoms with van der Waals surface area (Å²) < 4.78 is 14.7. The van der Waals surface area contributed by atoms with Gasteiger partial charge >= 0.3 is 6.09 Å². The molecule has 1 fully saturated rings. The van der Waals surface area contributed by atoms with E-state index in [1.807, 2.05) is 55.8 Å². The van der Waals surface area contributed by atoms with Gasteiger partial charge < -0.3 is 14.6 Å². The molecule has 0 spiro atoms. The van der Waals surface area contributed by atoms with E-state index in [1.165, 1.54) is 0 Å². The number of likely N-dealkylation sites (tertiary alicyclic amines) is 1. The molecule has 2 N–H and O–H groups in total. The first kappa shape index (κ1) is 25.9. The number of carbonyl (C=O) groups excluding carboxylic acids is 1. The van der Waals surface area contributed by atoms with Gasteiger partial charge in [0.05, 0.1) is 12.6 Å². The van der Waals surface area contributed by atoms with Crippen LogP contribution in [-0.4, -0.2) is 54.0 Å². The Morgan fingerprint density at radius 3 is 2.55 bits per heavy atom. The van der Waals surface area contributed by atoms with Gasteiger partial charge in [-0.05, 0) is 51.1 Å². The number of benzene rings is 1. The van der Waals surface area contributed by atoms with Crippen molar-refractivity contribution in [1.82, 2.24) is 9.88 Å². The van der Waals surface area contributed by atoms with Crippen LogP contribution in [0.2, 0.25) is 25.7 Å². The van der Waals surface area contributed by atoms with E-state index in [0.717, 1.165) is 27.6 Å². The van der Waals surface area contributed by atoms with Crippen LogP contribution in [0.3, 0.4) is 0 Å². The summed E-state index contributed by atoms with van der Waals surface area (Å²) in [7, 11) is -1.19. The van der Waals surface area contributed by atoms with Crippen molar-refractivity contribution in [2.75, 3.05) is 13.2 Å². The minimum atomic E-state index is -1.19. The topological polar surface area (TPSA) is 78.7 Å². The van der Waals surface area contributed by atoms with E-state index in [-0.39, 0.29) is 12.6 Å². The van der Waals surface area contributed by atoms with Crippen molar-refractivity contribution < 1.29 is 23.9 Å². The summed E-state index contributed by atoms with van der Waals surface area (Å²) in [5.41, 5.74) is 1.35. The van der Waals surface area contributed by atoms with Crippen molar-refractivity contribution in [3.63, 3.8) is 0 Å². The third kappa shape index (κ3) is 7.40. The van der Waals surface area contributed by atoms with Crippen LogP contribution in [0.15, 0.2) is 34.9 Å². The normalized spacial score (nSPS) is 19.2. The lowest BCUT2D eigenvalue weighted by atomic mass is 10.1. The molecule has 3 rings (SSSR count). The Morgan fingerprint density at radius 1 is 1.27 bits per heavy atom. The molecule has 1 aliphatic heterocycles. The Bertz CT molecular complexity index is 950. The highest BCUT2D eigenvalue weighted by Crippen LogP contribution is 2.33. The number of ether oxygens (including phenoxy) is 2. The Labute approximate surface area is 206 Å². The molecule has 2 aromatic rings. The summed E-state index contributed by atoms with van der Waals surface area (Å²) in [5, 5.41) is 10.4. The highest BCUT2D eigenvalue weighted by molar-refractivity contribution is 9.10. The number of amides is 1. The third-order valence-electron chi connectivity index (χ3n) is 5.46. The Balaban J connectivity index is 1.89. The second-order valence-electron chi connectivity index (χ2n) is 10.9. The van der Waals surface area contributed by atoms with Crippen molar-refractivity contribution in [1.29, 1.82) is 0 Å². The Morgan fingerprint density at radius 2 is 1.94 bits per heavy atom. The van der Waals surface area contributed by atoms with E-state index in [9.17, 15) is 9.90 Å². The lowest BCUT2D eigenvalue weighted by Gasteiger charge is -2.27. The number of nitrogens with one attached hydrogen (secondary N) is 1. The average molecular weight is 540 g/mol. The summed E-state index contributed by atoms with van der Waals surface area (Å²) in [4.78, 5) is 18.0. The predicted molar refractivity (Wildman–Crippen MR) is 135 cm³/mol. The predicted octanol–water partition coefficient (Wildman–Crippen LogP) is 5.09. The smallest absolute Gasteiger partial charge is 0.411 e. The van der Waals surface area contributed by atoms with Gasteiger partial charge in [-0.15, -0.1) is 0 Å². The van der Waals surface area contributed by atoms with Gasteiger partial charge in [-0.3, -0.25) is 4.90 Å². The number of aromatic amines is 1. The van der Waals surface area contributed by atoms with E-state index >= 15 is 0 Å². The Hall–Kier alpha value is -1.68. The van der Waals surface area contributed by atoms with Crippen molar-refractivity contribution in [3.8, 4) is 11.3 Å². The molecule has 2 atom stereocenters. The standard InChI is InChI=1S/C24H36BrN3O4Si/c1-24(2,3)32-23(30)28-14-19(29)13-21(28)22-26-20(17-7-9-18(25)10-8-17)15-27(22)16-31-11-12-33(4,5)6/h7-10,15,19,21,29H,11-14,16H2,1-6H3/p+1/t19-,21-/m0/s1. The maximum Gasteiger partial charge on any atom is 0.411 e. The lowest BCUT2D eigenvalue weighted by molar-refractivity contribution is -0.739. The van der Waals surface area contributed by atoms with E-state index in [1.54, 1.807) is 4.90 Å². The van der Waals surface area contributed by atoms with Crippen LogP contribution in [0.25, 0.3) is 11.3 Å². The van der Waals surface area contributed by atoms with Crippen molar-refractivity contribution in [3.05, 3.63) is 40.8 Å². The molecule has 1 saturated heterocycles. The number of β-amino-alcohol motifs (C(OH)–C–C–N with tert-alkyl or cyclic N) is 1. The first-order valence-corrected chi connectivity index (χ1v) is 16.0. The van der Waals surface area contributed by atoms with Crippen LogP contribution in [0, 0.1) is 0 Å². The number of hydrogen-bond acceptors (Lipinski definition) is 4. The van der Waals surface area contributed by atoms with Crippen LogP contribution in [0.5, 0.6) is 0 Å². The van der Waals surface area contributed by atoms with E-state index in [4.69, 9.17) is 9.47 Å². The molecule has 0 saturated carbocycles. The summed E-state index contributed by atoms with van der Waals surface area (Å²) in [6.45, 7) is 13.8. The molecular formula is C24H37BrN3O4Si+. The monoisotopic (exact) mass is 538 g/mol. The van der Waals surface area contributed by atoms with Gasteiger partial charge in [-0.25, -0.2) is 14.3 Å². The number of aliphatic hydroxyl groups excluding tert-OH is 1. The van der Waals surface area contributed by atoms with E-state index in [0.29, 0.717) is 19.8 Å². The van der Waals surface area contributed by atoms with Gasteiger partial charge in [0, 0.05) is 31.1 Å². The number of hydrogen-bond donors (Lipinski definition) is 2. The highest BCUT2D eigenvalue weighted by atomic mass is 79.9. The molecule has 1 aromatic carbocycles.